The summed E-state index contributed by atoms with van der Waals surface area (Å²) in [6.45, 7) is 0. The van der Waals surface area contributed by atoms with Gasteiger partial charge in [-0.2, -0.15) is 0 Å². The van der Waals surface area contributed by atoms with E-state index in [1.165, 1.54) is 16.2 Å². The highest BCUT2D eigenvalue weighted by Crippen LogP contribution is 2.33. The summed E-state index contributed by atoms with van der Waals surface area (Å²) in [7, 11) is 3.40. The second kappa shape index (κ2) is 6.92. The fourth-order valence-corrected chi connectivity index (χ4v) is 4.13. The highest BCUT2D eigenvalue weighted by atomic mass is 32.1. The first-order valence-corrected chi connectivity index (χ1v) is 8.76. The molecule has 0 saturated heterocycles. The maximum absolute atomic E-state index is 13.7. The molecule has 1 aliphatic rings. The van der Waals surface area contributed by atoms with E-state index in [4.69, 9.17) is 0 Å². The van der Waals surface area contributed by atoms with E-state index < -0.39 is 11.6 Å². The van der Waals surface area contributed by atoms with Crippen LogP contribution < -0.4 is 5.32 Å². The Labute approximate surface area is 148 Å². The van der Waals surface area contributed by atoms with Crippen LogP contribution in [0.4, 0.5) is 14.5 Å². The molecule has 1 aromatic carbocycles. The van der Waals surface area contributed by atoms with Crippen molar-refractivity contribution in [1.82, 2.24) is 4.90 Å². The van der Waals surface area contributed by atoms with Gasteiger partial charge in [-0.3, -0.25) is 9.59 Å². The molecule has 1 heterocycles. The normalized spacial score (nSPS) is 16.2. The molecule has 25 heavy (non-hydrogen) atoms. The number of carbonyl (C=O) groups excluding carboxylic acids is 2. The van der Waals surface area contributed by atoms with Crippen LogP contribution in [0, 0.1) is 17.6 Å². The third-order valence-electron chi connectivity index (χ3n) is 4.26. The molecule has 1 atom stereocenters. The summed E-state index contributed by atoms with van der Waals surface area (Å²) in [4.78, 5) is 27.8. The Morgan fingerprint density at radius 3 is 2.72 bits per heavy atom. The molecule has 0 fully saturated rings. The predicted molar refractivity (Wildman–Crippen MR) is 92.8 cm³/mol. The van der Waals surface area contributed by atoms with E-state index in [9.17, 15) is 18.4 Å². The quantitative estimate of drug-likeness (QED) is 0.907. The van der Waals surface area contributed by atoms with Crippen LogP contribution in [-0.2, 0) is 17.6 Å². The van der Waals surface area contributed by atoms with Gasteiger partial charge in [0, 0.05) is 31.0 Å². The SMILES string of the molecule is CN(C)C(=O)c1cc2c(s1)CC[C@H](C(=O)Nc1cc(F)ccc1F)C2. The van der Waals surface area contributed by atoms with Crippen LogP contribution in [0.1, 0.15) is 26.5 Å². The Hall–Kier alpha value is -2.28. The summed E-state index contributed by atoms with van der Waals surface area (Å²) in [6.07, 6.45) is 1.81. The van der Waals surface area contributed by atoms with Gasteiger partial charge < -0.3 is 10.2 Å². The van der Waals surface area contributed by atoms with Crippen molar-refractivity contribution >= 4 is 28.8 Å². The average Bonchev–Trinajstić information content (AvgIpc) is 3.00. The molecule has 1 N–H and O–H groups in total. The highest BCUT2D eigenvalue weighted by Gasteiger charge is 2.28. The Bertz CT molecular complexity index is 832. The minimum absolute atomic E-state index is 0.0535. The number of nitrogens with one attached hydrogen (secondary N) is 1. The van der Waals surface area contributed by atoms with Gasteiger partial charge in [0.05, 0.1) is 10.6 Å². The van der Waals surface area contributed by atoms with E-state index in [1.807, 2.05) is 6.07 Å². The number of aryl methyl sites for hydroxylation is 1. The van der Waals surface area contributed by atoms with Crippen LogP contribution in [0.5, 0.6) is 0 Å². The van der Waals surface area contributed by atoms with Gasteiger partial charge in [0.15, 0.2) is 0 Å². The molecular weight excluding hydrogens is 346 g/mol. The lowest BCUT2D eigenvalue weighted by molar-refractivity contribution is -0.120. The van der Waals surface area contributed by atoms with Crippen LogP contribution in [0.25, 0.3) is 0 Å². The van der Waals surface area contributed by atoms with E-state index >= 15 is 0 Å². The summed E-state index contributed by atoms with van der Waals surface area (Å²) in [5.41, 5.74) is 0.839. The molecule has 0 spiro atoms. The molecule has 4 nitrogen and oxygen atoms in total. The number of anilines is 1. The first-order chi connectivity index (χ1) is 11.8. The van der Waals surface area contributed by atoms with Crippen molar-refractivity contribution in [2.45, 2.75) is 19.3 Å². The smallest absolute Gasteiger partial charge is 0.263 e. The van der Waals surface area contributed by atoms with Crippen molar-refractivity contribution in [3.05, 3.63) is 51.2 Å². The molecule has 3 rings (SSSR count). The van der Waals surface area contributed by atoms with Gasteiger partial charge in [-0.1, -0.05) is 0 Å². The molecule has 0 bridgehead atoms. The molecule has 132 valence electrons. The van der Waals surface area contributed by atoms with E-state index in [0.29, 0.717) is 24.1 Å². The van der Waals surface area contributed by atoms with Gasteiger partial charge in [0.2, 0.25) is 5.91 Å². The van der Waals surface area contributed by atoms with Gasteiger partial charge >= 0.3 is 0 Å². The molecule has 0 radical (unpaired) electrons. The maximum Gasteiger partial charge on any atom is 0.263 e. The zero-order chi connectivity index (χ0) is 18.1. The fourth-order valence-electron chi connectivity index (χ4n) is 2.90. The monoisotopic (exact) mass is 364 g/mol. The summed E-state index contributed by atoms with van der Waals surface area (Å²) in [5.74, 6) is -1.98. The van der Waals surface area contributed by atoms with Gasteiger partial charge in [-0.05, 0) is 43.0 Å². The number of fused-ring (bicyclic) bond motifs is 1. The van der Waals surface area contributed by atoms with Crippen LogP contribution in [0.2, 0.25) is 0 Å². The van der Waals surface area contributed by atoms with Gasteiger partial charge in [0.1, 0.15) is 11.6 Å². The summed E-state index contributed by atoms with van der Waals surface area (Å²) in [6, 6.07) is 4.80. The topological polar surface area (TPSA) is 49.4 Å². The van der Waals surface area contributed by atoms with Crippen molar-refractivity contribution in [2.24, 2.45) is 5.92 Å². The van der Waals surface area contributed by atoms with Gasteiger partial charge in [-0.25, -0.2) is 8.78 Å². The molecule has 0 unspecified atom stereocenters. The predicted octanol–water partition coefficient (Wildman–Crippen LogP) is 3.47. The van der Waals surface area contributed by atoms with E-state index in [1.54, 1.807) is 14.1 Å². The highest BCUT2D eigenvalue weighted by molar-refractivity contribution is 7.14. The fraction of sp³-hybridized carbons (Fsp3) is 0.333. The molecule has 0 saturated carbocycles. The number of nitrogens with zero attached hydrogens (tertiary/aromatic N) is 1. The molecule has 2 amide bonds. The number of hydrogen-bond donors (Lipinski definition) is 1. The molecule has 0 aliphatic heterocycles. The van der Waals surface area contributed by atoms with Crippen molar-refractivity contribution in [2.75, 3.05) is 19.4 Å². The molecule has 2 aromatic rings. The first kappa shape index (κ1) is 17.5. The number of benzene rings is 1. The Kier molecular flexibility index (Phi) is 4.85. The van der Waals surface area contributed by atoms with Crippen LogP contribution in [0.3, 0.4) is 0 Å². The standard InChI is InChI=1S/C18H18F2N2O2S/c1-22(2)18(24)16-8-11-7-10(3-6-15(11)25-16)17(23)21-14-9-12(19)4-5-13(14)20/h4-5,8-10H,3,6-7H2,1-2H3,(H,21,23)/t10-/m0/s1. The maximum atomic E-state index is 13.7. The lowest BCUT2D eigenvalue weighted by atomic mass is 9.87. The third kappa shape index (κ3) is 3.71. The number of halogens is 2. The van der Waals surface area contributed by atoms with Crippen LogP contribution in [-0.4, -0.2) is 30.8 Å². The number of amides is 2. The number of hydrogen-bond acceptors (Lipinski definition) is 3. The van der Waals surface area contributed by atoms with Crippen LogP contribution >= 0.6 is 11.3 Å². The number of carbonyl (C=O) groups is 2. The van der Waals surface area contributed by atoms with Crippen molar-refractivity contribution in [3.63, 3.8) is 0 Å². The second-order valence-electron chi connectivity index (χ2n) is 6.31. The van der Waals surface area contributed by atoms with Crippen molar-refractivity contribution in [3.8, 4) is 0 Å². The van der Waals surface area contributed by atoms with Crippen molar-refractivity contribution < 1.29 is 18.4 Å². The molecule has 7 heteroatoms. The minimum atomic E-state index is -0.666. The number of thiophene rings is 1. The first-order valence-electron chi connectivity index (χ1n) is 7.94. The summed E-state index contributed by atoms with van der Waals surface area (Å²) in [5, 5.41) is 2.47. The minimum Gasteiger partial charge on any atom is -0.344 e. The Morgan fingerprint density at radius 2 is 2.00 bits per heavy atom. The zero-order valence-electron chi connectivity index (χ0n) is 13.9. The lowest BCUT2D eigenvalue weighted by Gasteiger charge is -2.21. The summed E-state index contributed by atoms with van der Waals surface area (Å²) < 4.78 is 26.9. The van der Waals surface area contributed by atoms with E-state index in [-0.39, 0.29) is 23.4 Å². The molecular formula is C18H18F2N2O2S. The van der Waals surface area contributed by atoms with Crippen LogP contribution in [0.15, 0.2) is 24.3 Å². The Balaban J connectivity index is 1.73. The largest absolute Gasteiger partial charge is 0.344 e. The molecule has 1 aliphatic carbocycles. The molecule has 1 aromatic heterocycles. The third-order valence-corrected chi connectivity index (χ3v) is 5.48. The zero-order valence-corrected chi connectivity index (χ0v) is 14.8. The summed E-state index contributed by atoms with van der Waals surface area (Å²) >= 11 is 1.46. The number of rotatable bonds is 3. The average molecular weight is 364 g/mol. The lowest BCUT2D eigenvalue weighted by Crippen LogP contribution is -2.28. The van der Waals surface area contributed by atoms with E-state index in [0.717, 1.165) is 28.6 Å². The Morgan fingerprint density at radius 1 is 1.24 bits per heavy atom. The second-order valence-corrected chi connectivity index (χ2v) is 7.45. The van der Waals surface area contributed by atoms with E-state index in [2.05, 4.69) is 5.32 Å². The van der Waals surface area contributed by atoms with Gasteiger partial charge in [0.25, 0.3) is 5.91 Å². The van der Waals surface area contributed by atoms with Crippen molar-refractivity contribution in [1.29, 1.82) is 0 Å². The van der Waals surface area contributed by atoms with Gasteiger partial charge in [-0.15, -0.1) is 11.3 Å².